The van der Waals surface area contributed by atoms with E-state index < -0.39 is 11.6 Å². The summed E-state index contributed by atoms with van der Waals surface area (Å²) in [6.07, 6.45) is 12.3. The second-order valence-electron chi connectivity index (χ2n) is 31.8. The van der Waals surface area contributed by atoms with Crippen LogP contribution in [0.15, 0.2) is 0 Å². The molecule has 0 unspecified atom stereocenters. The molecule has 0 saturated heterocycles. The van der Waals surface area contributed by atoms with Gasteiger partial charge in [0.25, 0.3) is 0 Å². The van der Waals surface area contributed by atoms with Crippen LogP contribution in [-0.2, 0) is 43.3 Å². The first-order valence-corrected chi connectivity index (χ1v) is 52.4. The Morgan fingerprint density at radius 1 is 0.186 bits per heavy atom. The Labute approximate surface area is 813 Å². The molecule has 0 aliphatic carbocycles. The Hall–Kier alpha value is -6.52. The van der Waals surface area contributed by atoms with E-state index in [0.717, 1.165) is 71.0 Å². The largest absolute Gasteiger partial charge is 0.478 e. The van der Waals surface area contributed by atoms with Crippen molar-refractivity contribution in [2.24, 2.45) is 0 Å². The quantitative estimate of drug-likeness (QED) is 0.117. The van der Waals surface area contributed by atoms with Gasteiger partial charge in [0.2, 0.25) is 0 Å². The van der Waals surface area contributed by atoms with Gasteiger partial charge in [-0.15, -0.1) is 0 Å². The lowest BCUT2D eigenvalue weighted by atomic mass is 9.87. The van der Waals surface area contributed by atoms with E-state index in [0.29, 0.717) is 5.56 Å². The number of carbonyl (C=O) groups excluding carboxylic acids is 1. The summed E-state index contributed by atoms with van der Waals surface area (Å²) >= 11 is 0. The smallest absolute Gasteiger partial charge is 0.339 e. The van der Waals surface area contributed by atoms with Crippen molar-refractivity contribution in [1.29, 1.82) is 0 Å². The maximum atomic E-state index is 12.6. The predicted molar refractivity (Wildman–Crippen MR) is 605 cm³/mol. The standard InChI is InChI=1S/C18H28O2.C14H20O2.3C14H22.C13H20.C12H18.13C2H6/c1-9-10-15-13(4)11(2)12(3)14(5)16(15)17(19)20-18(6,7)8;1-6-7-12-10(4)8(2)9(3)11(5)13(12)14(15)16;3*1-7-8-14-12(5)10(3)9(2)11(4)13(14)6;1-7-13-11(5)9(3)8(2)10(4)12(13)6;1-7-8(2)10(4)12(6)11(5)9(7)3;13*1-2/h9-10H2,1-8H3;6-7H2,1-5H3,(H,15,16);3*7-8H2,1-6H3;7H2,1-6H3;1-6H3;13*1-2H3. The third kappa shape index (κ3) is 47.3. The molecule has 0 amide bonds. The van der Waals surface area contributed by atoms with Gasteiger partial charge >= 0.3 is 11.9 Å². The van der Waals surface area contributed by atoms with Crippen LogP contribution in [0, 0.1) is 235 Å². The molecular weight excluding hydrogens is 1570 g/mol. The van der Waals surface area contributed by atoms with Crippen molar-refractivity contribution in [2.75, 3.05) is 0 Å². The fourth-order valence-corrected chi connectivity index (χ4v) is 15.2. The molecule has 0 aromatic heterocycles. The van der Waals surface area contributed by atoms with Gasteiger partial charge in [-0.3, -0.25) is 0 Å². The zero-order chi connectivity index (χ0) is 106. The van der Waals surface area contributed by atoms with Crippen molar-refractivity contribution in [3.63, 3.8) is 0 Å². The highest BCUT2D eigenvalue weighted by atomic mass is 16.6. The summed E-state index contributed by atoms with van der Waals surface area (Å²) in [5.41, 5.74) is 56.9. The highest BCUT2D eigenvalue weighted by Crippen LogP contribution is 2.34. The summed E-state index contributed by atoms with van der Waals surface area (Å²) in [4.78, 5) is 23.9. The Bertz CT molecular complexity index is 3740. The number of hydrogen-bond donors (Lipinski definition) is 1. The van der Waals surface area contributed by atoms with E-state index in [1.54, 1.807) is 22.3 Å². The summed E-state index contributed by atoms with van der Waals surface area (Å²) < 4.78 is 5.60. The van der Waals surface area contributed by atoms with E-state index in [4.69, 9.17) is 4.74 Å². The zero-order valence-electron chi connectivity index (χ0n) is 101. The number of esters is 1. The lowest BCUT2D eigenvalue weighted by Gasteiger charge is -2.24. The second-order valence-corrected chi connectivity index (χ2v) is 31.8. The highest BCUT2D eigenvalue weighted by molar-refractivity contribution is 5.94. The summed E-state index contributed by atoms with van der Waals surface area (Å²) in [6.45, 7) is 146. The number of carbonyl (C=O) groups is 2. The number of ether oxygens (including phenoxy) is 1. The van der Waals surface area contributed by atoms with Crippen LogP contribution in [0.2, 0.25) is 0 Å². The minimum atomic E-state index is -0.799. The first kappa shape index (κ1) is 151. The highest BCUT2D eigenvalue weighted by Gasteiger charge is 2.26. The Morgan fingerprint density at radius 2 is 0.302 bits per heavy atom. The minimum absolute atomic E-state index is 0.190. The topological polar surface area (TPSA) is 63.6 Å². The summed E-state index contributed by atoms with van der Waals surface area (Å²) in [7, 11) is 0. The van der Waals surface area contributed by atoms with Crippen LogP contribution >= 0.6 is 0 Å². The Morgan fingerprint density at radius 3 is 0.442 bits per heavy atom. The van der Waals surface area contributed by atoms with Gasteiger partial charge in [0.05, 0.1) is 11.1 Å². The zero-order valence-corrected chi connectivity index (χ0v) is 101. The maximum Gasteiger partial charge on any atom is 0.339 e. The first-order chi connectivity index (χ1) is 60.5. The van der Waals surface area contributed by atoms with Crippen molar-refractivity contribution >= 4 is 11.9 Å². The summed E-state index contributed by atoms with van der Waals surface area (Å²) in [5, 5.41) is 9.31. The van der Waals surface area contributed by atoms with Crippen LogP contribution in [-0.4, -0.2) is 22.6 Å². The van der Waals surface area contributed by atoms with Crippen LogP contribution in [0.3, 0.4) is 0 Å². The number of carboxylic acids is 1. The average molecular weight is 1800 g/mol. The summed E-state index contributed by atoms with van der Waals surface area (Å²) in [5.74, 6) is -0.989. The third-order valence-corrected chi connectivity index (χ3v) is 25.3. The monoisotopic (exact) mass is 1800 g/mol. The van der Waals surface area contributed by atoms with Crippen LogP contribution in [0.25, 0.3) is 0 Å². The number of rotatable bonds is 13. The lowest BCUT2D eigenvalue weighted by molar-refractivity contribution is 0.00667. The van der Waals surface area contributed by atoms with Gasteiger partial charge in [-0.2, -0.15) is 0 Å². The normalized spacial score (nSPS) is 9.25. The fourth-order valence-electron chi connectivity index (χ4n) is 15.2. The molecule has 129 heavy (non-hydrogen) atoms. The van der Waals surface area contributed by atoms with Gasteiger partial charge in [0, 0.05) is 0 Å². The molecule has 754 valence electrons. The molecular formula is C125H230O4. The van der Waals surface area contributed by atoms with Crippen LogP contribution < -0.4 is 0 Å². The van der Waals surface area contributed by atoms with Gasteiger partial charge in [-0.05, 0) is 517 Å². The van der Waals surface area contributed by atoms with E-state index in [1.165, 1.54) is 205 Å². The fraction of sp³-hybridized carbons (Fsp3) is 0.648. The van der Waals surface area contributed by atoms with Crippen molar-refractivity contribution in [2.45, 2.75) is 554 Å². The van der Waals surface area contributed by atoms with Gasteiger partial charge in [0.15, 0.2) is 0 Å². The van der Waals surface area contributed by atoms with Gasteiger partial charge in [0.1, 0.15) is 5.60 Å². The van der Waals surface area contributed by atoms with Crippen molar-refractivity contribution in [1.82, 2.24) is 0 Å². The molecule has 0 heterocycles. The molecule has 4 heteroatoms. The lowest BCUT2D eigenvalue weighted by Crippen LogP contribution is -2.26. The molecule has 4 nitrogen and oxygen atoms in total. The Kier molecular flexibility index (Phi) is 100. The molecule has 0 radical (unpaired) electrons. The van der Waals surface area contributed by atoms with Crippen molar-refractivity contribution < 1.29 is 19.4 Å². The minimum Gasteiger partial charge on any atom is -0.478 e. The SMILES string of the molecule is CC.CC.CC.CC.CC.CC.CC.CC.CC.CC.CC.CC.CC.CCCc1c(C)c(C)c(C)c(C)c1C.CCCc1c(C)c(C)c(C)c(C)c1C.CCCc1c(C)c(C)c(C)c(C)c1C.CCCc1c(C)c(C)c(C)c(C)c1C(=O)O.CCCc1c(C)c(C)c(C)c(C)c1C(=O)OC(C)(C)C.CCc1c(C)c(C)c(C)c(C)c1C.Cc1c(C)c(C)c(C)c(C)c1C. The average Bonchev–Trinajstić information content (AvgIpc) is 0.781. The molecule has 7 aromatic carbocycles. The van der Waals surface area contributed by atoms with Crippen LogP contribution in [0.4, 0.5) is 0 Å². The number of hydrogen-bond acceptors (Lipinski definition) is 3. The predicted octanol–water partition coefficient (Wildman–Crippen LogP) is 41.6. The van der Waals surface area contributed by atoms with E-state index in [1.807, 2.05) is 228 Å². The summed E-state index contributed by atoms with van der Waals surface area (Å²) in [6, 6.07) is 0. The molecule has 0 saturated carbocycles. The molecule has 7 aromatic rings. The molecule has 0 bridgehead atoms. The third-order valence-electron chi connectivity index (χ3n) is 25.3. The van der Waals surface area contributed by atoms with Crippen LogP contribution in [0.5, 0.6) is 0 Å². The van der Waals surface area contributed by atoms with Gasteiger partial charge in [-0.1, -0.05) is 254 Å². The van der Waals surface area contributed by atoms with Gasteiger partial charge in [-0.25, -0.2) is 9.59 Å². The first-order valence-electron chi connectivity index (χ1n) is 52.4. The van der Waals surface area contributed by atoms with E-state index in [9.17, 15) is 14.7 Å². The Balaban J connectivity index is -0.000000106. The van der Waals surface area contributed by atoms with Crippen molar-refractivity contribution in [3.05, 3.63) is 234 Å². The molecule has 0 fully saturated rings. The maximum absolute atomic E-state index is 12.6. The number of benzene rings is 7. The molecule has 0 aliphatic rings. The van der Waals surface area contributed by atoms with E-state index >= 15 is 0 Å². The second kappa shape index (κ2) is 85.7. The van der Waals surface area contributed by atoms with Gasteiger partial charge < -0.3 is 9.84 Å². The van der Waals surface area contributed by atoms with Crippen LogP contribution in [0.1, 0.15) is 518 Å². The van der Waals surface area contributed by atoms with E-state index in [-0.39, 0.29) is 5.97 Å². The molecule has 0 atom stereocenters. The molecule has 7 rings (SSSR count). The molecule has 0 spiro atoms. The van der Waals surface area contributed by atoms with Crippen molar-refractivity contribution in [3.8, 4) is 0 Å². The number of carboxylic acid groups (broad SMARTS) is 1. The van der Waals surface area contributed by atoms with E-state index in [2.05, 4.69) is 249 Å². The number of aromatic carboxylic acids is 1. The molecule has 1 N–H and O–H groups in total. The molecule has 0 aliphatic heterocycles.